The third-order valence-corrected chi connectivity index (χ3v) is 2.24. The van der Waals surface area contributed by atoms with Crippen LogP contribution in [-0.2, 0) is 0 Å². The summed E-state index contributed by atoms with van der Waals surface area (Å²) in [6.45, 7) is 2.13. The second-order valence-corrected chi connectivity index (χ2v) is 3.44. The summed E-state index contributed by atoms with van der Waals surface area (Å²) in [6.07, 6.45) is 3.11. The van der Waals surface area contributed by atoms with Gasteiger partial charge in [0.1, 0.15) is 17.2 Å². The summed E-state index contributed by atoms with van der Waals surface area (Å²) in [7, 11) is -0.174. The fraction of sp³-hybridized carbons (Fsp3) is 0.400. The molecule has 0 aromatic heterocycles. The van der Waals surface area contributed by atoms with Crippen LogP contribution in [0.15, 0.2) is 18.2 Å². The predicted octanol–water partition coefficient (Wildman–Crippen LogP) is 2.45. The second-order valence-electron chi connectivity index (χ2n) is 3.44. The van der Waals surface area contributed by atoms with Crippen LogP contribution in [0.4, 0.5) is 0 Å². The fourth-order valence-electron chi connectivity index (χ4n) is 1.48. The van der Waals surface area contributed by atoms with Gasteiger partial charge in [-0.3, -0.25) is 0 Å². The topological polar surface area (TPSA) is 38.7 Å². The van der Waals surface area contributed by atoms with Crippen LogP contribution in [0.25, 0.3) is 0 Å². The van der Waals surface area contributed by atoms with E-state index in [0.717, 1.165) is 24.9 Å². The summed E-state index contributed by atoms with van der Waals surface area (Å²) >= 11 is 0. The van der Waals surface area contributed by atoms with Crippen molar-refractivity contribution in [2.75, 3.05) is 0 Å². The van der Waals surface area contributed by atoms with Crippen LogP contribution >= 0.6 is 0 Å². The maximum atomic E-state index is 9.22. The molecule has 0 atom stereocenters. The van der Waals surface area contributed by atoms with Crippen molar-refractivity contribution in [1.29, 1.82) is 0 Å². The molecule has 74 valence electrons. The molecular formula is C10H13BO3. The van der Waals surface area contributed by atoms with E-state index in [4.69, 9.17) is 9.31 Å². The lowest BCUT2D eigenvalue weighted by Gasteiger charge is -2.02. The van der Waals surface area contributed by atoms with Gasteiger partial charge in [0, 0.05) is 12.4 Å². The second kappa shape index (κ2) is 3.82. The molecule has 0 saturated heterocycles. The van der Waals surface area contributed by atoms with Crippen molar-refractivity contribution in [1.82, 2.24) is 0 Å². The molecular weight excluding hydrogens is 179 g/mol. The minimum absolute atomic E-state index is 0.174. The summed E-state index contributed by atoms with van der Waals surface area (Å²) in [5.74, 6) is 1.58. The van der Waals surface area contributed by atoms with E-state index in [1.54, 1.807) is 18.2 Å². The minimum Gasteiger partial charge on any atom is -0.523 e. The Kier molecular flexibility index (Phi) is 2.52. The first-order chi connectivity index (χ1) is 6.79. The molecule has 14 heavy (non-hydrogen) atoms. The highest BCUT2D eigenvalue weighted by atomic mass is 16.6. The molecule has 1 N–H and O–H groups in total. The van der Waals surface area contributed by atoms with E-state index in [0.29, 0.717) is 5.75 Å². The molecule has 0 radical (unpaired) electrons. The van der Waals surface area contributed by atoms with Gasteiger partial charge in [0.2, 0.25) is 0 Å². The van der Waals surface area contributed by atoms with Crippen molar-refractivity contribution in [3.05, 3.63) is 18.2 Å². The van der Waals surface area contributed by atoms with Crippen molar-refractivity contribution < 1.29 is 14.4 Å². The van der Waals surface area contributed by atoms with Gasteiger partial charge < -0.3 is 14.4 Å². The van der Waals surface area contributed by atoms with Crippen molar-refractivity contribution in [3.63, 3.8) is 0 Å². The van der Waals surface area contributed by atoms with Crippen molar-refractivity contribution >= 4 is 7.12 Å². The van der Waals surface area contributed by atoms with Gasteiger partial charge in [-0.25, -0.2) is 0 Å². The van der Waals surface area contributed by atoms with E-state index in [1.165, 1.54) is 0 Å². The monoisotopic (exact) mass is 192 g/mol. The highest BCUT2D eigenvalue weighted by molar-refractivity contribution is 6.47. The van der Waals surface area contributed by atoms with Crippen molar-refractivity contribution in [2.45, 2.75) is 26.1 Å². The number of hydrogen-bond donors (Lipinski definition) is 1. The van der Waals surface area contributed by atoms with Gasteiger partial charge in [0.25, 0.3) is 0 Å². The Morgan fingerprint density at radius 1 is 1.29 bits per heavy atom. The lowest BCUT2D eigenvalue weighted by Crippen LogP contribution is -2.23. The first-order valence-electron chi connectivity index (χ1n) is 4.96. The Labute approximate surface area is 83.8 Å². The van der Waals surface area contributed by atoms with Crippen LogP contribution in [0, 0.1) is 0 Å². The molecule has 0 fully saturated rings. The molecule has 1 aliphatic heterocycles. The quantitative estimate of drug-likeness (QED) is 0.747. The Hall–Kier alpha value is -1.32. The Balaban J connectivity index is 2.03. The molecule has 0 spiro atoms. The highest BCUT2D eigenvalue weighted by Gasteiger charge is 2.30. The standard InChI is InChI=1S/C10H13BO3/c1-2-3-6-11-13-9-5-4-8(12)7-10(9)14-11/h4-5,7,12H,2-3,6H2,1H3. The number of rotatable bonds is 3. The summed E-state index contributed by atoms with van der Waals surface area (Å²) in [5, 5.41) is 9.22. The van der Waals surface area contributed by atoms with Gasteiger partial charge in [-0.15, -0.1) is 0 Å². The lowest BCUT2D eigenvalue weighted by atomic mass is 9.83. The normalized spacial score (nSPS) is 13.4. The maximum absolute atomic E-state index is 9.22. The number of fused-ring (bicyclic) bond motifs is 1. The third-order valence-electron chi connectivity index (χ3n) is 2.24. The zero-order valence-corrected chi connectivity index (χ0v) is 8.19. The van der Waals surface area contributed by atoms with Gasteiger partial charge in [-0.05, 0) is 12.1 Å². The molecule has 4 heteroatoms. The molecule has 0 amide bonds. The zero-order valence-electron chi connectivity index (χ0n) is 8.19. The number of hydrogen-bond acceptors (Lipinski definition) is 3. The smallest absolute Gasteiger partial charge is 0.523 e. The van der Waals surface area contributed by atoms with Gasteiger partial charge in [0.05, 0.1) is 0 Å². The predicted molar refractivity (Wildman–Crippen MR) is 54.8 cm³/mol. The third kappa shape index (κ3) is 1.79. The summed E-state index contributed by atoms with van der Waals surface area (Å²) in [4.78, 5) is 0. The lowest BCUT2D eigenvalue weighted by molar-refractivity contribution is 0.470. The first kappa shape index (κ1) is 9.25. The van der Waals surface area contributed by atoms with Crippen molar-refractivity contribution in [2.24, 2.45) is 0 Å². The molecule has 1 aliphatic rings. The molecule has 1 aromatic rings. The van der Waals surface area contributed by atoms with Crippen molar-refractivity contribution in [3.8, 4) is 17.2 Å². The molecule has 3 nitrogen and oxygen atoms in total. The summed E-state index contributed by atoms with van der Waals surface area (Å²) in [6, 6.07) is 4.92. The van der Waals surface area contributed by atoms with E-state index in [9.17, 15) is 5.11 Å². The SMILES string of the molecule is CCCCB1Oc2ccc(O)cc2O1. The highest BCUT2D eigenvalue weighted by Crippen LogP contribution is 2.36. The molecule has 0 bridgehead atoms. The zero-order chi connectivity index (χ0) is 9.97. The van der Waals surface area contributed by atoms with Gasteiger partial charge in [-0.1, -0.05) is 19.8 Å². The minimum atomic E-state index is -0.174. The number of aromatic hydroxyl groups is 1. The largest absolute Gasteiger partial charge is 0.594 e. The molecule has 0 aliphatic carbocycles. The first-order valence-corrected chi connectivity index (χ1v) is 4.96. The van der Waals surface area contributed by atoms with Crippen LogP contribution in [0.2, 0.25) is 6.32 Å². The molecule has 0 saturated carbocycles. The maximum Gasteiger partial charge on any atom is 0.594 e. The van der Waals surface area contributed by atoms with Gasteiger partial charge in [-0.2, -0.15) is 0 Å². The molecule has 1 heterocycles. The van der Waals surface area contributed by atoms with E-state index in [-0.39, 0.29) is 12.9 Å². The summed E-state index contributed by atoms with van der Waals surface area (Å²) in [5.41, 5.74) is 0. The fourth-order valence-corrected chi connectivity index (χ4v) is 1.48. The molecule has 2 rings (SSSR count). The van der Waals surface area contributed by atoms with E-state index in [1.807, 2.05) is 0 Å². The van der Waals surface area contributed by atoms with Crippen LogP contribution < -0.4 is 9.31 Å². The Morgan fingerprint density at radius 3 is 2.86 bits per heavy atom. The van der Waals surface area contributed by atoms with Crippen LogP contribution in [0.3, 0.4) is 0 Å². The van der Waals surface area contributed by atoms with Crippen LogP contribution in [-0.4, -0.2) is 12.2 Å². The number of phenolic OH excluding ortho intramolecular Hbond substituents is 1. The van der Waals surface area contributed by atoms with E-state index >= 15 is 0 Å². The van der Waals surface area contributed by atoms with Gasteiger partial charge in [0.15, 0.2) is 0 Å². The average molecular weight is 192 g/mol. The van der Waals surface area contributed by atoms with Crippen LogP contribution in [0.1, 0.15) is 19.8 Å². The van der Waals surface area contributed by atoms with Gasteiger partial charge >= 0.3 is 7.12 Å². The average Bonchev–Trinajstić information content (AvgIpc) is 2.56. The van der Waals surface area contributed by atoms with E-state index in [2.05, 4.69) is 6.92 Å². The molecule has 1 aromatic carbocycles. The Morgan fingerprint density at radius 2 is 2.07 bits per heavy atom. The summed E-state index contributed by atoms with van der Waals surface area (Å²) < 4.78 is 11.0. The molecule has 0 unspecified atom stereocenters. The number of phenols is 1. The Bertz CT molecular complexity index is 327. The number of unbranched alkanes of at least 4 members (excludes halogenated alkanes) is 1. The number of benzene rings is 1. The van der Waals surface area contributed by atoms with E-state index < -0.39 is 0 Å². The van der Waals surface area contributed by atoms with Crippen LogP contribution in [0.5, 0.6) is 17.2 Å².